The van der Waals surface area contributed by atoms with E-state index in [9.17, 15) is 0 Å². The maximum absolute atomic E-state index is 5.72. The average molecular weight is 276 g/mol. The summed E-state index contributed by atoms with van der Waals surface area (Å²) in [4.78, 5) is 0. The predicted octanol–water partition coefficient (Wildman–Crippen LogP) is 1.42. The van der Waals surface area contributed by atoms with Gasteiger partial charge in [-0.2, -0.15) is 0 Å². The molecule has 2 aromatic rings. The molecule has 1 unspecified atom stereocenters. The molecule has 2 aromatic heterocycles. The van der Waals surface area contributed by atoms with Gasteiger partial charge in [-0.25, -0.2) is 4.68 Å². The van der Waals surface area contributed by atoms with E-state index in [-0.39, 0.29) is 0 Å². The Morgan fingerprint density at radius 1 is 1.40 bits per heavy atom. The summed E-state index contributed by atoms with van der Waals surface area (Å²) in [5, 5.41) is 11.7. The van der Waals surface area contributed by atoms with Crippen LogP contribution >= 0.6 is 0 Å². The number of aromatic nitrogens is 3. The summed E-state index contributed by atoms with van der Waals surface area (Å²) in [5.41, 5.74) is 2.05. The first-order valence-corrected chi connectivity index (χ1v) is 6.95. The van der Waals surface area contributed by atoms with Crippen molar-refractivity contribution in [2.24, 2.45) is 5.92 Å². The second kappa shape index (κ2) is 5.76. The minimum Gasteiger partial charge on any atom is -0.465 e. The average Bonchev–Trinajstić information content (AvgIpc) is 2.91. The van der Waals surface area contributed by atoms with Gasteiger partial charge in [0.05, 0.1) is 31.1 Å². The van der Waals surface area contributed by atoms with Crippen LogP contribution in [-0.2, 0) is 24.4 Å². The number of aryl methyl sites for hydroxylation is 2. The molecule has 108 valence electrons. The maximum Gasteiger partial charge on any atom is 0.117 e. The Labute approximate surface area is 118 Å². The Hall–Kier alpha value is -1.66. The molecule has 1 aliphatic rings. The molecule has 0 aliphatic carbocycles. The van der Waals surface area contributed by atoms with Crippen LogP contribution in [0.25, 0.3) is 0 Å². The first-order valence-electron chi connectivity index (χ1n) is 6.95. The minimum atomic E-state index is 0.397. The summed E-state index contributed by atoms with van der Waals surface area (Å²) in [6, 6.07) is 3.99. The number of furan rings is 1. The summed E-state index contributed by atoms with van der Waals surface area (Å²) in [6.45, 7) is 7.74. The van der Waals surface area contributed by atoms with E-state index in [4.69, 9.17) is 9.15 Å². The standard InChI is InChI=1S/C14H20N4O2/c1-10-3-4-13(20-10)6-15-5-12-7-18-14(9-19-8-12)11(2)16-17-18/h3-4,12,15H,5-9H2,1-2H3. The number of hydrogen-bond acceptors (Lipinski definition) is 5. The molecule has 0 bridgehead atoms. The molecule has 0 spiro atoms. The molecule has 1 atom stereocenters. The van der Waals surface area contributed by atoms with Crippen LogP contribution in [-0.4, -0.2) is 28.1 Å². The quantitative estimate of drug-likeness (QED) is 0.915. The zero-order valence-electron chi connectivity index (χ0n) is 11.9. The minimum absolute atomic E-state index is 0.397. The maximum atomic E-state index is 5.72. The fourth-order valence-electron chi connectivity index (χ4n) is 2.47. The van der Waals surface area contributed by atoms with Crippen LogP contribution < -0.4 is 5.32 Å². The van der Waals surface area contributed by atoms with Gasteiger partial charge in [-0.3, -0.25) is 0 Å². The summed E-state index contributed by atoms with van der Waals surface area (Å²) in [7, 11) is 0. The fourth-order valence-corrected chi connectivity index (χ4v) is 2.47. The molecule has 6 heteroatoms. The normalized spacial score (nSPS) is 18.8. The lowest BCUT2D eigenvalue weighted by Crippen LogP contribution is -2.28. The first kappa shape index (κ1) is 13.3. The largest absolute Gasteiger partial charge is 0.465 e. The molecule has 0 fully saturated rings. The van der Waals surface area contributed by atoms with Crippen LogP contribution in [0.1, 0.15) is 22.9 Å². The van der Waals surface area contributed by atoms with Gasteiger partial charge in [0, 0.05) is 19.0 Å². The molecule has 1 N–H and O–H groups in total. The van der Waals surface area contributed by atoms with Crippen molar-refractivity contribution in [1.29, 1.82) is 0 Å². The van der Waals surface area contributed by atoms with Gasteiger partial charge in [-0.15, -0.1) is 5.10 Å². The zero-order chi connectivity index (χ0) is 13.9. The lowest BCUT2D eigenvalue weighted by molar-refractivity contribution is 0.0934. The molecular weight excluding hydrogens is 256 g/mol. The third-order valence-electron chi connectivity index (χ3n) is 3.58. The van der Waals surface area contributed by atoms with Crippen LogP contribution in [0, 0.1) is 19.8 Å². The van der Waals surface area contributed by atoms with Crippen molar-refractivity contribution in [3.63, 3.8) is 0 Å². The molecule has 0 amide bonds. The fraction of sp³-hybridized carbons (Fsp3) is 0.571. The van der Waals surface area contributed by atoms with Gasteiger partial charge in [0.15, 0.2) is 0 Å². The van der Waals surface area contributed by atoms with E-state index in [0.717, 1.165) is 49.1 Å². The number of ether oxygens (including phenoxy) is 1. The summed E-state index contributed by atoms with van der Waals surface area (Å²) < 4.78 is 13.2. The van der Waals surface area contributed by atoms with Crippen LogP contribution in [0.15, 0.2) is 16.5 Å². The van der Waals surface area contributed by atoms with Gasteiger partial charge in [0.1, 0.15) is 11.5 Å². The van der Waals surface area contributed by atoms with E-state index in [1.807, 2.05) is 30.7 Å². The number of nitrogens with zero attached hydrogens (tertiary/aromatic N) is 3. The highest BCUT2D eigenvalue weighted by Crippen LogP contribution is 2.14. The summed E-state index contributed by atoms with van der Waals surface area (Å²) in [6.07, 6.45) is 0. The molecule has 3 heterocycles. The second-order valence-electron chi connectivity index (χ2n) is 5.33. The van der Waals surface area contributed by atoms with Crippen molar-refractivity contribution < 1.29 is 9.15 Å². The Kier molecular flexibility index (Phi) is 3.84. The lowest BCUT2D eigenvalue weighted by atomic mass is 10.1. The molecule has 0 saturated heterocycles. The summed E-state index contributed by atoms with van der Waals surface area (Å²) in [5.74, 6) is 2.31. The summed E-state index contributed by atoms with van der Waals surface area (Å²) >= 11 is 0. The Balaban J connectivity index is 1.53. The topological polar surface area (TPSA) is 65.1 Å². The number of nitrogens with one attached hydrogen (secondary N) is 1. The molecule has 3 rings (SSSR count). The van der Waals surface area contributed by atoms with Crippen molar-refractivity contribution in [2.45, 2.75) is 33.5 Å². The molecule has 1 aliphatic heterocycles. The van der Waals surface area contributed by atoms with Gasteiger partial charge in [0.25, 0.3) is 0 Å². The first-order chi connectivity index (χ1) is 9.72. The highest BCUT2D eigenvalue weighted by molar-refractivity contribution is 5.07. The van der Waals surface area contributed by atoms with Gasteiger partial charge < -0.3 is 14.5 Å². The van der Waals surface area contributed by atoms with Crippen LogP contribution in [0.4, 0.5) is 0 Å². The van der Waals surface area contributed by atoms with Gasteiger partial charge >= 0.3 is 0 Å². The third-order valence-corrected chi connectivity index (χ3v) is 3.58. The van der Waals surface area contributed by atoms with Gasteiger partial charge in [-0.05, 0) is 26.0 Å². The monoisotopic (exact) mass is 276 g/mol. The highest BCUT2D eigenvalue weighted by atomic mass is 16.5. The van der Waals surface area contributed by atoms with E-state index < -0.39 is 0 Å². The van der Waals surface area contributed by atoms with E-state index in [1.165, 1.54) is 0 Å². The zero-order valence-corrected chi connectivity index (χ0v) is 11.9. The number of hydrogen-bond donors (Lipinski definition) is 1. The van der Waals surface area contributed by atoms with Crippen LogP contribution in [0.3, 0.4) is 0 Å². The second-order valence-corrected chi connectivity index (χ2v) is 5.33. The van der Waals surface area contributed by atoms with E-state index >= 15 is 0 Å². The van der Waals surface area contributed by atoms with Crippen LogP contribution in [0.5, 0.6) is 0 Å². The van der Waals surface area contributed by atoms with E-state index in [2.05, 4.69) is 15.6 Å². The van der Waals surface area contributed by atoms with Crippen molar-refractivity contribution >= 4 is 0 Å². The molecule has 0 saturated carbocycles. The lowest BCUT2D eigenvalue weighted by Gasteiger charge is -2.14. The third kappa shape index (κ3) is 2.91. The van der Waals surface area contributed by atoms with Crippen molar-refractivity contribution in [2.75, 3.05) is 13.2 Å². The molecule has 6 nitrogen and oxygen atoms in total. The van der Waals surface area contributed by atoms with Gasteiger partial charge in [0.2, 0.25) is 0 Å². The van der Waals surface area contributed by atoms with Gasteiger partial charge in [-0.1, -0.05) is 5.21 Å². The SMILES string of the molecule is Cc1ccc(CNCC2COCc3c(C)nnn3C2)o1. The molecule has 0 aromatic carbocycles. The molecule has 20 heavy (non-hydrogen) atoms. The van der Waals surface area contributed by atoms with E-state index in [0.29, 0.717) is 12.5 Å². The highest BCUT2D eigenvalue weighted by Gasteiger charge is 2.19. The molecule has 0 radical (unpaired) electrons. The van der Waals surface area contributed by atoms with Crippen molar-refractivity contribution in [3.05, 3.63) is 35.0 Å². The van der Waals surface area contributed by atoms with Crippen molar-refractivity contribution in [1.82, 2.24) is 20.3 Å². The van der Waals surface area contributed by atoms with E-state index in [1.54, 1.807) is 0 Å². The Bertz CT molecular complexity index is 575. The number of fused-ring (bicyclic) bond motifs is 1. The van der Waals surface area contributed by atoms with Crippen LogP contribution in [0.2, 0.25) is 0 Å². The molecular formula is C14H20N4O2. The Morgan fingerprint density at radius 3 is 3.10 bits per heavy atom. The predicted molar refractivity (Wildman–Crippen MR) is 73.1 cm³/mol. The van der Waals surface area contributed by atoms with Crippen molar-refractivity contribution in [3.8, 4) is 0 Å². The Morgan fingerprint density at radius 2 is 2.30 bits per heavy atom. The number of rotatable bonds is 4. The smallest absolute Gasteiger partial charge is 0.117 e.